The molecule has 0 spiro atoms. The number of rotatable bonds is 7. The molecule has 0 atom stereocenters. The summed E-state index contributed by atoms with van der Waals surface area (Å²) in [5, 5.41) is 6.72. The van der Waals surface area contributed by atoms with Crippen molar-refractivity contribution in [1.82, 2.24) is 15.5 Å². The summed E-state index contributed by atoms with van der Waals surface area (Å²) < 4.78 is 5.41. The lowest BCUT2D eigenvalue weighted by atomic mass is 10.1. The molecule has 0 radical (unpaired) electrons. The van der Waals surface area contributed by atoms with Crippen LogP contribution in [0, 0.1) is 0 Å². The van der Waals surface area contributed by atoms with E-state index in [0.29, 0.717) is 6.54 Å². The van der Waals surface area contributed by atoms with Crippen molar-refractivity contribution in [3.05, 3.63) is 0 Å². The van der Waals surface area contributed by atoms with Gasteiger partial charge in [-0.25, -0.2) is 0 Å². The minimum absolute atomic E-state index is 0. The first-order valence-corrected chi connectivity index (χ1v) is 8.37. The van der Waals surface area contributed by atoms with Crippen molar-refractivity contribution in [2.45, 2.75) is 52.1 Å². The lowest BCUT2D eigenvalue weighted by Gasteiger charge is -2.22. The Bertz CT molecular complexity index is 303. The van der Waals surface area contributed by atoms with Gasteiger partial charge in [-0.2, -0.15) is 0 Å². The van der Waals surface area contributed by atoms with Crippen LogP contribution in [0.1, 0.15) is 46.5 Å². The van der Waals surface area contributed by atoms with Crippen LogP contribution in [0.4, 0.5) is 0 Å². The number of halogens is 1. The summed E-state index contributed by atoms with van der Waals surface area (Å²) in [6, 6.07) is 0. The Hall–Kier alpha value is -0.0800. The van der Waals surface area contributed by atoms with Crippen molar-refractivity contribution >= 4 is 29.9 Å². The zero-order chi connectivity index (χ0) is 15.6. The molecule has 1 aliphatic heterocycles. The first kappa shape index (κ1) is 21.9. The highest BCUT2D eigenvalue weighted by atomic mass is 127. The molecule has 1 heterocycles. The largest absolute Gasteiger partial charge is 0.377 e. The third kappa shape index (κ3) is 9.84. The average molecular weight is 426 g/mol. The Morgan fingerprint density at radius 1 is 1.14 bits per heavy atom. The molecule has 1 aliphatic rings. The topological polar surface area (TPSA) is 48.9 Å². The number of hydrogen-bond acceptors (Lipinski definition) is 3. The summed E-state index contributed by atoms with van der Waals surface area (Å²) in [7, 11) is 1.73. The van der Waals surface area contributed by atoms with Crippen molar-refractivity contribution in [3.63, 3.8) is 0 Å². The molecule has 0 unspecified atom stereocenters. The molecule has 1 rings (SSSR count). The molecular formula is C16H35IN4O. The Morgan fingerprint density at radius 3 is 2.32 bits per heavy atom. The predicted molar refractivity (Wildman–Crippen MR) is 105 cm³/mol. The number of nitrogens with zero attached hydrogens (tertiary/aromatic N) is 2. The van der Waals surface area contributed by atoms with E-state index in [1.165, 1.54) is 38.8 Å². The van der Waals surface area contributed by atoms with E-state index < -0.39 is 0 Å². The number of aliphatic imine (C=N–C) groups is 1. The van der Waals surface area contributed by atoms with E-state index in [9.17, 15) is 0 Å². The van der Waals surface area contributed by atoms with Gasteiger partial charge >= 0.3 is 0 Å². The SMILES string of the molecule is CCNC(=NCC(C)(C)OC)NCCN1CCCCCC1.I. The van der Waals surface area contributed by atoms with Gasteiger partial charge in [0.2, 0.25) is 0 Å². The molecule has 1 fully saturated rings. The van der Waals surface area contributed by atoms with Gasteiger partial charge in [-0.3, -0.25) is 4.99 Å². The van der Waals surface area contributed by atoms with Crippen LogP contribution in [-0.2, 0) is 4.74 Å². The summed E-state index contributed by atoms with van der Waals surface area (Å²) in [5.74, 6) is 0.887. The lowest BCUT2D eigenvalue weighted by molar-refractivity contribution is 0.0310. The van der Waals surface area contributed by atoms with Gasteiger partial charge in [0, 0.05) is 26.7 Å². The molecule has 1 saturated heterocycles. The van der Waals surface area contributed by atoms with Gasteiger partial charge in [0.1, 0.15) is 0 Å². The molecule has 0 amide bonds. The molecule has 0 aromatic carbocycles. The van der Waals surface area contributed by atoms with Crippen LogP contribution in [0.2, 0.25) is 0 Å². The second-order valence-corrected chi connectivity index (χ2v) is 6.34. The van der Waals surface area contributed by atoms with Crippen molar-refractivity contribution < 1.29 is 4.74 Å². The first-order valence-electron chi connectivity index (χ1n) is 8.37. The summed E-state index contributed by atoms with van der Waals surface area (Å²) >= 11 is 0. The molecule has 0 saturated carbocycles. The normalized spacial score (nSPS) is 17.5. The fourth-order valence-corrected chi connectivity index (χ4v) is 2.37. The smallest absolute Gasteiger partial charge is 0.191 e. The maximum Gasteiger partial charge on any atom is 0.191 e. The summed E-state index contributed by atoms with van der Waals surface area (Å²) in [4.78, 5) is 7.17. The van der Waals surface area contributed by atoms with Gasteiger partial charge in [-0.05, 0) is 46.7 Å². The zero-order valence-electron chi connectivity index (χ0n) is 14.8. The molecule has 6 heteroatoms. The highest BCUT2D eigenvalue weighted by molar-refractivity contribution is 14.0. The summed E-state index contributed by atoms with van der Waals surface area (Å²) in [5.41, 5.74) is -0.215. The van der Waals surface area contributed by atoms with Gasteiger partial charge in [0.25, 0.3) is 0 Å². The molecule has 132 valence electrons. The third-order valence-corrected chi connectivity index (χ3v) is 3.93. The Labute approximate surface area is 153 Å². The van der Waals surface area contributed by atoms with E-state index in [-0.39, 0.29) is 29.6 Å². The van der Waals surface area contributed by atoms with Crippen molar-refractivity contribution in [2.75, 3.05) is 46.4 Å². The fraction of sp³-hybridized carbons (Fsp3) is 0.938. The van der Waals surface area contributed by atoms with E-state index in [2.05, 4.69) is 41.3 Å². The molecule has 2 N–H and O–H groups in total. The molecule has 0 aromatic rings. The zero-order valence-corrected chi connectivity index (χ0v) is 17.1. The molecule has 0 aromatic heterocycles. The van der Waals surface area contributed by atoms with Crippen LogP contribution in [-0.4, -0.2) is 62.8 Å². The molecular weight excluding hydrogens is 391 g/mol. The number of hydrogen-bond donors (Lipinski definition) is 2. The van der Waals surface area contributed by atoms with Crippen LogP contribution in [0.25, 0.3) is 0 Å². The maximum absolute atomic E-state index is 5.41. The van der Waals surface area contributed by atoms with E-state index >= 15 is 0 Å². The number of nitrogens with one attached hydrogen (secondary N) is 2. The van der Waals surface area contributed by atoms with Crippen molar-refractivity contribution in [1.29, 1.82) is 0 Å². The highest BCUT2D eigenvalue weighted by Crippen LogP contribution is 2.09. The number of ether oxygens (including phenoxy) is 1. The monoisotopic (exact) mass is 426 g/mol. The predicted octanol–water partition coefficient (Wildman–Crippen LogP) is 2.46. The molecule has 0 aliphatic carbocycles. The van der Waals surface area contributed by atoms with Crippen LogP contribution in [0.3, 0.4) is 0 Å². The second-order valence-electron chi connectivity index (χ2n) is 6.34. The van der Waals surface area contributed by atoms with E-state index in [4.69, 9.17) is 4.74 Å². The first-order chi connectivity index (χ1) is 10.1. The minimum atomic E-state index is -0.215. The minimum Gasteiger partial charge on any atom is -0.377 e. The van der Waals surface area contributed by atoms with Gasteiger partial charge in [0.05, 0.1) is 12.1 Å². The van der Waals surface area contributed by atoms with Crippen LogP contribution < -0.4 is 10.6 Å². The third-order valence-electron chi connectivity index (χ3n) is 3.93. The standard InChI is InChI=1S/C16H34N4O.HI/c1-5-17-15(19-14-16(2,3)21-4)18-10-13-20-11-8-6-7-9-12-20;/h5-14H2,1-4H3,(H2,17,18,19);1H. The quantitative estimate of drug-likeness (QED) is 0.373. The average Bonchev–Trinajstić information content (AvgIpc) is 2.73. The number of methoxy groups -OCH3 is 1. The van der Waals surface area contributed by atoms with Crippen LogP contribution in [0.5, 0.6) is 0 Å². The molecule has 0 bridgehead atoms. The number of likely N-dealkylation sites (tertiary alicyclic amines) is 1. The summed E-state index contributed by atoms with van der Waals surface area (Å²) in [6.07, 6.45) is 5.46. The second kappa shape index (κ2) is 12.4. The Kier molecular flexibility index (Phi) is 12.3. The van der Waals surface area contributed by atoms with Crippen molar-refractivity contribution in [3.8, 4) is 0 Å². The lowest BCUT2D eigenvalue weighted by Crippen LogP contribution is -2.42. The fourth-order valence-electron chi connectivity index (χ4n) is 2.37. The Balaban J connectivity index is 0.00000441. The van der Waals surface area contributed by atoms with Gasteiger partial charge in [0.15, 0.2) is 5.96 Å². The van der Waals surface area contributed by atoms with Crippen LogP contribution >= 0.6 is 24.0 Å². The van der Waals surface area contributed by atoms with Crippen molar-refractivity contribution in [2.24, 2.45) is 4.99 Å². The maximum atomic E-state index is 5.41. The molecule has 5 nitrogen and oxygen atoms in total. The Morgan fingerprint density at radius 2 is 1.77 bits per heavy atom. The van der Waals surface area contributed by atoms with E-state index in [0.717, 1.165) is 25.6 Å². The van der Waals surface area contributed by atoms with E-state index in [1.54, 1.807) is 7.11 Å². The van der Waals surface area contributed by atoms with Gasteiger partial charge in [-0.15, -0.1) is 24.0 Å². The van der Waals surface area contributed by atoms with Gasteiger partial charge in [-0.1, -0.05) is 12.8 Å². The number of guanidine groups is 1. The van der Waals surface area contributed by atoms with Crippen LogP contribution in [0.15, 0.2) is 4.99 Å². The molecule has 22 heavy (non-hydrogen) atoms. The summed E-state index contributed by atoms with van der Waals surface area (Å²) in [6.45, 7) is 12.3. The van der Waals surface area contributed by atoms with Gasteiger partial charge < -0.3 is 20.3 Å². The highest BCUT2D eigenvalue weighted by Gasteiger charge is 2.15. The van der Waals surface area contributed by atoms with E-state index in [1.807, 2.05) is 0 Å².